The van der Waals surface area contributed by atoms with E-state index in [1.54, 1.807) is 0 Å². The number of H-pyrrole nitrogens is 1. The van der Waals surface area contributed by atoms with Crippen molar-refractivity contribution in [2.45, 2.75) is 33.1 Å². The van der Waals surface area contributed by atoms with Crippen LogP contribution in [0.25, 0.3) is 10.9 Å². The van der Waals surface area contributed by atoms with Crippen LogP contribution in [0.15, 0.2) is 29.3 Å². The Hall–Kier alpha value is -2.01. The van der Waals surface area contributed by atoms with Crippen LogP contribution in [0.3, 0.4) is 0 Å². The van der Waals surface area contributed by atoms with Crippen molar-refractivity contribution >= 4 is 16.9 Å². The zero-order valence-corrected chi connectivity index (χ0v) is 16.4. The molecule has 1 unspecified atom stereocenters. The summed E-state index contributed by atoms with van der Waals surface area (Å²) in [6.45, 7) is 9.36. The van der Waals surface area contributed by atoms with Crippen molar-refractivity contribution in [3.05, 3.63) is 35.5 Å². The summed E-state index contributed by atoms with van der Waals surface area (Å²) in [5.41, 5.74) is 3.89. The van der Waals surface area contributed by atoms with E-state index in [0.717, 1.165) is 38.6 Å². The lowest BCUT2D eigenvalue weighted by Gasteiger charge is -2.28. The number of para-hydroxylation sites is 1. The molecule has 1 aromatic carbocycles. The first-order valence-corrected chi connectivity index (χ1v) is 9.94. The average Bonchev–Trinajstić information content (AvgIpc) is 2.95. The normalized spacial score (nSPS) is 19.0. The van der Waals surface area contributed by atoms with Gasteiger partial charge in [-0.25, -0.2) is 0 Å². The van der Waals surface area contributed by atoms with E-state index >= 15 is 0 Å². The Bertz CT molecular complexity index is 733. The molecule has 0 radical (unpaired) electrons. The van der Waals surface area contributed by atoms with E-state index in [0.29, 0.717) is 5.92 Å². The summed E-state index contributed by atoms with van der Waals surface area (Å²) in [4.78, 5) is 10.7. The summed E-state index contributed by atoms with van der Waals surface area (Å²) in [5.74, 6) is 1.62. The van der Waals surface area contributed by atoms with Crippen molar-refractivity contribution in [3.63, 3.8) is 0 Å². The number of aromatic nitrogens is 1. The Morgan fingerprint density at radius 3 is 2.96 bits per heavy atom. The Labute approximate surface area is 157 Å². The standard InChI is InChI=1S/C21H33N5/c1-4-22-21(24-14-17-8-7-13-26(3)15-17)23-12-11-18-16(2)25-20-10-6-5-9-19(18)20/h5-6,9-10,17,25H,4,7-8,11-15H2,1-3H3,(H2,22,23,24). The monoisotopic (exact) mass is 355 g/mol. The third kappa shape index (κ3) is 4.79. The molecule has 5 nitrogen and oxygen atoms in total. The van der Waals surface area contributed by atoms with Gasteiger partial charge in [-0.15, -0.1) is 0 Å². The molecule has 1 aliphatic heterocycles. The highest BCUT2D eigenvalue weighted by atomic mass is 15.2. The van der Waals surface area contributed by atoms with Gasteiger partial charge < -0.3 is 20.5 Å². The number of hydrogen-bond acceptors (Lipinski definition) is 2. The molecule has 5 heteroatoms. The first kappa shape index (κ1) is 18.8. The van der Waals surface area contributed by atoms with Crippen LogP contribution in [0.2, 0.25) is 0 Å². The van der Waals surface area contributed by atoms with Crippen molar-refractivity contribution in [1.82, 2.24) is 20.5 Å². The fourth-order valence-corrected chi connectivity index (χ4v) is 3.95. The third-order valence-corrected chi connectivity index (χ3v) is 5.27. The summed E-state index contributed by atoms with van der Waals surface area (Å²) >= 11 is 0. The number of aliphatic imine (C=N–C) groups is 1. The van der Waals surface area contributed by atoms with Gasteiger partial charge in [0.25, 0.3) is 0 Å². The third-order valence-electron chi connectivity index (χ3n) is 5.27. The molecular formula is C21H33N5. The number of nitrogens with one attached hydrogen (secondary N) is 3. The molecule has 142 valence electrons. The van der Waals surface area contributed by atoms with Crippen LogP contribution in [0.5, 0.6) is 0 Å². The van der Waals surface area contributed by atoms with E-state index in [2.05, 4.69) is 65.7 Å². The predicted molar refractivity (Wildman–Crippen MR) is 111 cm³/mol. The van der Waals surface area contributed by atoms with Crippen molar-refractivity contribution in [3.8, 4) is 0 Å². The highest BCUT2D eigenvalue weighted by Gasteiger charge is 2.16. The van der Waals surface area contributed by atoms with E-state index in [-0.39, 0.29) is 0 Å². The molecular weight excluding hydrogens is 322 g/mol. The van der Waals surface area contributed by atoms with Crippen molar-refractivity contribution in [2.75, 3.05) is 39.8 Å². The molecule has 3 N–H and O–H groups in total. The molecule has 1 aliphatic rings. The summed E-state index contributed by atoms with van der Waals surface area (Å²) < 4.78 is 0. The lowest BCUT2D eigenvalue weighted by Crippen LogP contribution is -2.39. The van der Waals surface area contributed by atoms with E-state index in [4.69, 9.17) is 4.99 Å². The molecule has 0 saturated carbocycles. The van der Waals surface area contributed by atoms with Crippen molar-refractivity contribution < 1.29 is 0 Å². The summed E-state index contributed by atoms with van der Waals surface area (Å²) in [6, 6.07) is 8.54. The number of likely N-dealkylation sites (tertiary alicyclic amines) is 1. The zero-order valence-electron chi connectivity index (χ0n) is 16.4. The average molecular weight is 356 g/mol. The van der Waals surface area contributed by atoms with Crippen LogP contribution in [0.4, 0.5) is 0 Å². The molecule has 3 rings (SSSR count). The Morgan fingerprint density at radius 1 is 1.31 bits per heavy atom. The number of guanidine groups is 1. The SMILES string of the molecule is CCNC(=NCC1CCCN(C)C1)NCCc1c(C)[nH]c2ccccc12. The van der Waals surface area contributed by atoms with E-state index in [9.17, 15) is 0 Å². The summed E-state index contributed by atoms with van der Waals surface area (Å²) in [5, 5.41) is 8.23. The first-order chi connectivity index (χ1) is 12.7. The highest BCUT2D eigenvalue weighted by Crippen LogP contribution is 2.21. The van der Waals surface area contributed by atoms with Gasteiger partial charge in [0.15, 0.2) is 5.96 Å². The van der Waals surface area contributed by atoms with Gasteiger partial charge in [0.05, 0.1) is 0 Å². The van der Waals surface area contributed by atoms with Gasteiger partial charge in [-0.1, -0.05) is 18.2 Å². The quantitative estimate of drug-likeness (QED) is 0.552. The maximum Gasteiger partial charge on any atom is 0.191 e. The maximum atomic E-state index is 4.84. The smallest absolute Gasteiger partial charge is 0.191 e. The molecule has 2 aromatic rings. The topological polar surface area (TPSA) is 55.5 Å². The number of piperidine rings is 1. The minimum atomic E-state index is 0.681. The number of aromatic amines is 1. The number of fused-ring (bicyclic) bond motifs is 1. The minimum Gasteiger partial charge on any atom is -0.358 e. The Kier molecular flexibility index (Phi) is 6.56. The van der Waals surface area contributed by atoms with Crippen LogP contribution in [-0.4, -0.2) is 55.6 Å². The molecule has 0 aliphatic carbocycles. The number of aryl methyl sites for hydroxylation is 1. The predicted octanol–water partition coefficient (Wildman–Crippen LogP) is 2.92. The second kappa shape index (κ2) is 9.08. The Morgan fingerprint density at radius 2 is 2.15 bits per heavy atom. The zero-order chi connectivity index (χ0) is 18.4. The molecule has 26 heavy (non-hydrogen) atoms. The lowest BCUT2D eigenvalue weighted by atomic mass is 9.99. The molecule has 0 bridgehead atoms. The van der Waals surface area contributed by atoms with Gasteiger partial charge in [0.1, 0.15) is 0 Å². The van der Waals surface area contributed by atoms with Gasteiger partial charge in [0, 0.05) is 42.8 Å². The molecule has 1 aromatic heterocycles. The summed E-state index contributed by atoms with van der Waals surface area (Å²) in [6.07, 6.45) is 3.58. The largest absolute Gasteiger partial charge is 0.358 e. The molecule has 2 heterocycles. The number of benzene rings is 1. The fourth-order valence-electron chi connectivity index (χ4n) is 3.95. The summed E-state index contributed by atoms with van der Waals surface area (Å²) in [7, 11) is 2.21. The second-order valence-electron chi connectivity index (χ2n) is 7.44. The fraction of sp³-hybridized carbons (Fsp3) is 0.571. The number of rotatable bonds is 6. The molecule has 1 atom stereocenters. The van der Waals surface area contributed by atoms with Crippen LogP contribution in [0.1, 0.15) is 31.0 Å². The lowest BCUT2D eigenvalue weighted by molar-refractivity contribution is 0.214. The van der Waals surface area contributed by atoms with Crippen LogP contribution in [-0.2, 0) is 6.42 Å². The molecule has 0 spiro atoms. The van der Waals surface area contributed by atoms with Crippen molar-refractivity contribution in [2.24, 2.45) is 10.9 Å². The maximum absolute atomic E-state index is 4.84. The highest BCUT2D eigenvalue weighted by molar-refractivity contribution is 5.84. The molecule has 1 fully saturated rings. The van der Waals surface area contributed by atoms with Gasteiger partial charge in [-0.3, -0.25) is 4.99 Å². The molecule has 1 saturated heterocycles. The van der Waals surface area contributed by atoms with Crippen LogP contribution < -0.4 is 10.6 Å². The minimum absolute atomic E-state index is 0.681. The van der Waals surface area contributed by atoms with Gasteiger partial charge in [-0.2, -0.15) is 0 Å². The van der Waals surface area contributed by atoms with Crippen LogP contribution >= 0.6 is 0 Å². The van der Waals surface area contributed by atoms with E-state index < -0.39 is 0 Å². The second-order valence-corrected chi connectivity index (χ2v) is 7.44. The van der Waals surface area contributed by atoms with E-state index in [1.165, 1.54) is 41.5 Å². The van der Waals surface area contributed by atoms with Gasteiger partial charge >= 0.3 is 0 Å². The van der Waals surface area contributed by atoms with Gasteiger partial charge in [0.2, 0.25) is 0 Å². The van der Waals surface area contributed by atoms with Gasteiger partial charge in [-0.05, 0) is 64.3 Å². The number of nitrogens with zero attached hydrogens (tertiary/aromatic N) is 2. The Balaban J connectivity index is 1.56. The molecule has 0 amide bonds. The van der Waals surface area contributed by atoms with Crippen LogP contribution in [0, 0.1) is 12.8 Å². The first-order valence-electron chi connectivity index (χ1n) is 9.94. The number of hydrogen-bond donors (Lipinski definition) is 3. The van der Waals surface area contributed by atoms with E-state index in [1.807, 2.05) is 0 Å². The van der Waals surface area contributed by atoms with Crippen molar-refractivity contribution in [1.29, 1.82) is 0 Å².